The Labute approximate surface area is 360 Å². The Morgan fingerprint density at radius 2 is 0.621 bits per heavy atom. The quantitative estimate of drug-likeness (QED) is 0.0263. The van der Waals surface area contributed by atoms with Gasteiger partial charge in [-0.05, 0) is 51.4 Å². The Hall–Kier alpha value is -2.11. The molecule has 0 fully saturated rings. The summed E-state index contributed by atoms with van der Waals surface area (Å²) in [6, 6.07) is 0. The van der Waals surface area contributed by atoms with Crippen LogP contribution in [-0.2, 0) is 28.6 Å². The molecule has 0 rings (SSSR count). The molecule has 6 heteroatoms. The van der Waals surface area contributed by atoms with Crippen LogP contribution in [0.3, 0.4) is 0 Å². The van der Waals surface area contributed by atoms with Crippen molar-refractivity contribution in [2.24, 2.45) is 0 Å². The first-order valence-corrected chi connectivity index (χ1v) is 25.3. The zero-order valence-corrected chi connectivity index (χ0v) is 38.8. The minimum Gasteiger partial charge on any atom is -0.462 e. The molecule has 1 atom stereocenters. The summed E-state index contributed by atoms with van der Waals surface area (Å²) in [5, 5.41) is 0. The van der Waals surface area contributed by atoms with Gasteiger partial charge in [-0.25, -0.2) is 0 Å². The molecule has 0 amide bonds. The summed E-state index contributed by atoms with van der Waals surface area (Å²) in [4.78, 5) is 37.9. The standard InChI is InChI=1S/C52H96O6/c1-4-7-10-13-16-19-22-24-26-28-30-33-36-39-42-45-51(54)57-48-49(47-56-50(53)44-41-38-35-32-21-18-15-12-9-6-3)58-52(55)46-43-40-37-34-31-29-27-25-23-20-17-14-11-8-5-2/h16,19,24,26,49H,4-15,17-18,20-23,25,27-48H2,1-3H3/b19-16-,26-24-/t49-/m1/s1. The summed E-state index contributed by atoms with van der Waals surface area (Å²) in [6.45, 7) is 6.61. The van der Waals surface area contributed by atoms with Crippen LogP contribution in [0.5, 0.6) is 0 Å². The van der Waals surface area contributed by atoms with E-state index in [-0.39, 0.29) is 31.1 Å². The van der Waals surface area contributed by atoms with Crippen LogP contribution in [0.4, 0.5) is 0 Å². The van der Waals surface area contributed by atoms with Crippen LogP contribution in [0.2, 0.25) is 0 Å². The summed E-state index contributed by atoms with van der Waals surface area (Å²) >= 11 is 0. The van der Waals surface area contributed by atoms with Gasteiger partial charge < -0.3 is 14.2 Å². The van der Waals surface area contributed by atoms with Crippen molar-refractivity contribution in [1.82, 2.24) is 0 Å². The number of hydrogen-bond donors (Lipinski definition) is 0. The van der Waals surface area contributed by atoms with Gasteiger partial charge in [0.15, 0.2) is 6.10 Å². The van der Waals surface area contributed by atoms with Gasteiger partial charge in [0.05, 0.1) is 0 Å². The summed E-state index contributed by atoms with van der Waals surface area (Å²) < 4.78 is 16.8. The SMILES string of the molecule is CCCCC/C=C\C/C=C\CCCCCCCC(=O)OC[C@@H](COC(=O)CCCCCCCCCCCC)OC(=O)CCCCCCCCCCCCCCCCC. The fourth-order valence-corrected chi connectivity index (χ4v) is 7.36. The summed E-state index contributed by atoms with van der Waals surface area (Å²) in [5.41, 5.74) is 0. The fourth-order valence-electron chi connectivity index (χ4n) is 7.36. The highest BCUT2D eigenvalue weighted by Gasteiger charge is 2.19. The Bertz CT molecular complexity index is 942. The topological polar surface area (TPSA) is 78.9 Å². The number of hydrogen-bond acceptors (Lipinski definition) is 6. The molecule has 0 aliphatic rings. The molecule has 0 aromatic carbocycles. The largest absolute Gasteiger partial charge is 0.462 e. The number of unbranched alkanes of at least 4 members (excludes halogenated alkanes) is 31. The number of ether oxygens (including phenoxy) is 3. The number of allylic oxidation sites excluding steroid dienone is 4. The lowest BCUT2D eigenvalue weighted by molar-refractivity contribution is -0.167. The number of esters is 3. The monoisotopic (exact) mass is 817 g/mol. The molecule has 340 valence electrons. The first kappa shape index (κ1) is 55.9. The molecule has 0 saturated carbocycles. The molecule has 58 heavy (non-hydrogen) atoms. The smallest absolute Gasteiger partial charge is 0.306 e. The summed E-state index contributed by atoms with van der Waals surface area (Å²) in [6.07, 6.45) is 53.0. The van der Waals surface area contributed by atoms with Gasteiger partial charge in [0.1, 0.15) is 13.2 Å². The lowest BCUT2D eigenvalue weighted by atomic mass is 10.0. The molecule has 0 N–H and O–H groups in total. The van der Waals surface area contributed by atoms with E-state index in [2.05, 4.69) is 45.1 Å². The molecule has 0 aromatic rings. The van der Waals surface area contributed by atoms with E-state index in [0.29, 0.717) is 19.3 Å². The molecular formula is C52H96O6. The third-order valence-electron chi connectivity index (χ3n) is 11.2. The van der Waals surface area contributed by atoms with Crippen molar-refractivity contribution in [2.75, 3.05) is 13.2 Å². The normalized spacial score (nSPS) is 12.1. The molecule has 0 bridgehead atoms. The van der Waals surface area contributed by atoms with E-state index in [4.69, 9.17) is 14.2 Å². The molecular weight excluding hydrogens is 721 g/mol. The highest BCUT2D eigenvalue weighted by molar-refractivity contribution is 5.71. The van der Waals surface area contributed by atoms with E-state index < -0.39 is 6.10 Å². The van der Waals surface area contributed by atoms with Crippen molar-refractivity contribution in [3.63, 3.8) is 0 Å². The molecule has 0 aromatic heterocycles. The van der Waals surface area contributed by atoms with Gasteiger partial charge in [-0.15, -0.1) is 0 Å². The number of rotatable bonds is 46. The van der Waals surface area contributed by atoms with Crippen molar-refractivity contribution in [3.05, 3.63) is 24.3 Å². The summed E-state index contributed by atoms with van der Waals surface area (Å²) in [5.74, 6) is -0.875. The zero-order valence-electron chi connectivity index (χ0n) is 38.8. The molecule has 0 aliphatic carbocycles. The van der Waals surface area contributed by atoms with Crippen LogP contribution in [0.25, 0.3) is 0 Å². The predicted molar refractivity (Wildman–Crippen MR) is 247 cm³/mol. The van der Waals surface area contributed by atoms with Crippen LogP contribution in [0.1, 0.15) is 271 Å². The van der Waals surface area contributed by atoms with E-state index in [9.17, 15) is 14.4 Å². The Morgan fingerprint density at radius 1 is 0.345 bits per heavy atom. The molecule has 0 unspecified atom stereocenters. The van der Waals surface area contributed by atoms with E-state index in [1.54, 1.807) is 0 Å². The molecule has 0 aliphatic heterocycles. The number of carbonyl (C=O) groups is 3. The summed E-state index contributed by atoms with van der Waals surface area (Å²) in [7, 11) is 0. The van der Waals surface area contributed by atoms with Crippen molar-refractivity contribution in [2.45, 2.75) is 277 Å². The lowest BCUT2D eigenvalue weighted by Crippen LogP contribution is -2.30. The minimum atomic E-state index is -0.769. The second-order valence-electron chi connectivity index (χ2n) is 17.1. The van der Waals surface area contributed by atoms with Crippen LogP contribution in [-0.4, -0.2) is 37.2 Å². The average molecular weight is 817 g/mol. The van der Waals surface area contributed by atoms with E-state index in [1.807, 2.05) is 0 Å². The Kier molecular flexibility index (Phi) is 45.8. The second-order valence-corrected chi connectivity index (χ2v) is 17.1. The van der Waals surface area contributed by atoms with Gasteiger partial charge in [-0.2, -0.15) is 0 Å². The zero-order chi connectivity index (χ0) is 42.3. The third kappa shape index (κ3) is 45.0. The number of carbonyl (C=O) groups excluding carboxylic acids is 3. The van der Waals surface area contributed by atoms with Crippen molar-refractivity contribution in [1.29, 1.82) is 0 Å². The molecule has 6 nitrogen and oxygen atoms in total. The van der Waals surface area contributed by atoms with Crippen molar-refractivity contribution >= 4 is 17.9 Å². The minimum absolute atomic E-state index is 0.0713. The molecule has 0 heterocycles. The highest BCUT2D eigenvalue weighted by Crippen LogP contribution is 2.16. The van der Waals surface area contributed by atoms with Gasteiger partial charge >= 0.3 is 17.9 Å². The molecule has 0 saturated heterocycles. The van der Waals surface area contributed by atoms with Crippen molar-refractivity contribution in [3.8, 4) is 0 Å². The Morgan fingerprint density at radius 3 is 0.983 bits per heavy atom. The van der Waals surface area contributed by atoms with Crippen molar-refractivity contribution < 1.29 is 28.6 Å². The van der Waals surface area contributed by atoms with Gasteiger partial charge in [0, 0.05) is 19.3 Å². The second kappa shape index (κ2) is 47.6. The lowest BCUT2D eigenvalue weighted by Gasteiger charge is -2.18. The first-order chi connectivity index (χ1) is 28.5. The predicted octanol–water partition coefficient (Wildman–Crippen LogP) is 16.4. The Balaban J connectivity index is 4.34. The van der Waals surface area contributed by atoms with Gasteiger partial charge in [-0.1, -0.05) is 225 Å². The highest BCUT2D eigenvalue weighted by atomic mass is 16.6. The third-order valence-corrected chi connectivity index (χ3v) is 11.2. The maximum absolute atomic E-state index is 12.8. The molecule has 0 radical (unpaired) electrons. The fraction of sp³-hybridized carbons (Fsp3) is 0.865. The maximum Gasteiger partial charge on any atom is 0.306 e. The van der Waals surface area contributed by atoms with Crippen LogP contribution in [0.15, 0.2) is 24.3 Å². The first-order valence-electron chi connectivity index (χ1n) is 25.3. The van der Waals surface area contributed by atoms with Crippen LogP contribution in [0, 0.1) is 0 Å². The van der Waals surface area contributed by atoms with Crippen LogP contribution < -0.4 is 0 Å². The van der Waals surface area contributed by atoms with E-state index >= 15 is 0 Å². The van der Waals surface area contributed by atoms with Gasteiger partial charge in [0.2, 0.25) is 0 Å². The van der Waals surface area contributed by atoms with Gasteiger partial charge in [-0.3, -0.25) is 14.4 Å². The van der Waals surface area contributed by atoms with E-state index in [0.717, 1.165) is 77.0 Å². The van der Waals surface area contributed by atoms with Crippen LogP contribution >= 0.6 is 0 Å². The van der Waals surface area contributed by atoms with E-state index in [1.165, 1.54) is 154 Å². The van der Waals surface area contributed by atoms with Gasteiger partial charge in [0.25, 0.3) is 0 Å². The molecule has 0 spiro atoms. The average Bonchev–Trinajstić information content (AvgIpc) is 3.22. The maximum atomic E-state index is 12.8.